The van der Waals surface area contributed by atoms with Gasteiger partial charge in [0.05, 0.1) is 24.0 Å². The van der Waals surface area contributed by atoms with Gasteiger partial charge in [-0.2, -0.15) is 0 Å². The number of carbonyl (C=O) groups is 3. The number of aromatic hydroxyl groups is 1. The number of carbonyl (C=O) groups excluding carboxylic acids is 3. The average molecular weight is 515 g/mol. The molecule has 3 aliphatic rings. The maximum Gasteiger partial charge on any atom is 0.230 e. The SMILES string of the molecule is C/C(=C/OC(C)C)c1ccc(O)c2c1C[C@@H]1C[C@@H]3[C@@H](N(C)C)C(O)C(C(N)=O)C(=O)[C@]3(O)C(=O)C1=C2O. The maximum absolute atomic E-state index is 13.8. The van der Waals surface area contributed by atoms with Gasteiger partial charge in [-0.3, -0.25) is 14.4 Å². The first kappa shape index (κ1) is 26.8. The molecule has 2 fully saturated rings. The van der Waals surface area contributed by atoms with Gasteiger partial charge >= 0.3 is 0 Å². The van der Waals surface area contributed by atoms with E-state index in [-0.39, 0.29) is 35.8 Å². The highest BCUT2D eigenvalue weighted by Crippen LogP contribution is 2.52. The van der Waals surface area contributed by atoms with Crippen LogP contribution in [-0.2, 0) is 25.5 Å². The summed E-state index contributed by atoms with van der Waals surface area (Å²) >= 11 is 0. The van der Waals surface area contributed by atoms with Crippen LogP contribution in [0.3, 0.4) is 0 Å². The summed E-state index contributed by atoms with van der Waals surface area (Å²) in [6.45, 7) is 5.60. The maximum atomic E-state index is 13.8. The van der Waals surface area contributed by atoms with Gasteiger partial charge in [-0.15, -0.1) is 0 Å². The number of amides is 1. The molecule has 0 heterocycles. The highest BCUT2D eigenvalue weighted by atomic mass is 16.5. The van der Waals surface area contributed by atoms with E-state index in [1.807, 2.05) is 20.8 Å². The number of rotatable bonds is 5. The van der Waals surface area contributed by atoms with Crippen LogP contribution in [0.15, 0.2) is 24.0 Å². The number of fused-ring (bicyclic) bond motifs is 3. The number of benzene rings is 1. The molecule has 4 rings (SSSR count). The first-order valence-corrected chi connectivity index (χ1v) is 12.3. The standard InChI is InChI=1S/C27H34N2O8/c1-11(2)37-10-12(3)14-6-7-17(30)19-15(14)8-13-9-16-21(29(4)5)23(32)20(26(28)35)25(34)27(16,36)24(33)18(13)22(19)31/h6-7,10-11,13,16,20-21,23,30-32,36H,8-9H2,1-5H3,(H2,28,35)/b12-10-/t13-,16-,20?,21-,23?,27-/m1/s1. The summed E-state index contributed by atoms with van der Waals surface area (Å²) in [5.74, 6) is -7.59. The largest absolute Gasteiger partial charge is 0.507 e. The summed E-state index contributed by atoms with van der Waals surface area (Å²) in [4.78, 5) is 40.9. The molecule has 0 saturated heterocycles. The molecule has 1 amide bonds. The molecule has 10 heteroatoms. The van der Waals surface area contributed by atoms with E-state index in [4.69, 9.17) is 10.5 Å². The molecule has 200 valence electrons. The van der Waals surface area contributed by atoms with Crippen molar-refractivity contribution in [3.8, 4) is 5.75 Å². The minimum Gasteiger partial charge on any atom is -0.507 e. The minimum atomic E-state index is -2.67. The lowest BCUT2D eigenvalue weighted by molar-refractivity contribution is -0.184. The van der Waals surface area contributed by atoms with Crippen molar-refractivity contribution in [2.75, 3.05) is 14.1 Å². The predicted molar refractivity (Wildman–Crippen MR) is 134 cm³/mol. The molecule has 2 unspecified atom stereocenters. The Balaban J connectivity index is 1.90. The van der Waals surface area contributed by atoms with E-state index < -0.39 is 58.7 Å². The van der Waals surface area contributed by atoms with Crippen molar-refractivity contribution in [3.05, 3.63) is 40.7 Å². The van der Waals surface area contributed by atoms with Crippen LogP contribution in [0.25, 0.3) is 11.3 Å². The number of hydrogen-bond donors (Lipinski definition) is 5. The van der Waals surface area contributed by atoms with Crippen LogP contribution in [0.1, 0.15) is 43.9 Å². The molecule has 0 bridgehead atoms. The van der Waals surface area contributed by atoms with Crippen molar-refractivity contribution in [2.45, 2.75) is 57.5 Å². The van der Waals surface area contributed by atoms with Gasteiger partial charge in [-0.05, 0) is 76.4 Å². The van der Waals surface area contributed by atoms with Crippen molar-refractivity contribution in [1.29, 1.82) is 0 Å². The number of aliphatic hydroxyl groups excluding tert-OH is 2. The third kappa shape index (κ3) is 3.94. The first-order valence-electron chi connectivity index (χ1n) is 12.3. The number of allylic oxidation sites excluding steroid dienone is 1. The van der Waals surface area contributed by atoms with Crippen LogP contribution in [0, 0.1) is 17.8 Å². The number of ketones is 2. The van der Waals surface area contributed by atoms with E-state index in [1.54, 1.807) is 31.3 Å². The van der Waals surface area contributed by atoms with Gasteiger partial charge in [0.25, 0.3) is 0 Å². The Hall–Kier alpha value is -3.21. The number of phenols is 1. The van der Waals surface area contributed by atoms with Gasteiger partial charge in [-0.1, -0.05) is 6.07 Å². The normalized spacial score (nSPS) is 31.8. The van der Waals surface area contributed by atoms with Crippen molar-refractivity contribution in [3.63, 3.8) is 0 Å². The Morgan fingerprint density at radius 3 is 2.46 bits per heavy atom. The van der Waals surface area contributed by atoms with Crippen LogP contribution >= 0.6 is 0 Å². The molecular formula is C27H34N2O8. The second-order valence-electron chi connectivity index (χ2n) is 10.8. The Labute approximate surface area is 215 Å². The Kier molecular flexibility index (Phi) is 6.72. The van der Waals surface area contributed by atoms with Crippen LogP contribution in [0.4, 0.5) is 0 Å². The minimum absolute atomic E-state index is 0.0513. The predicted octanol–water partition coefficient (Wildman–Crippen LogP) is 0.915. The number of hydrogen-bond acceptors (Lipinski definition) is 9. The van der Waals surface area contributed by atoms with E-state index >= 15 is 0 Å². The summed E-state index contributed by atoms with van der Waals surface area (Å²) in [6, 6.07) is 2.17. The van der Waals surface area contributed by atoms with Gasteiger partial charge in [0.2, 0.25) is 11.7 Å². The lowest BCUT2D eigenvalue weighted by atomic mass is 9.54. The molecule has 3 aliphatic carbocycles. The fraction of sp³-hybridized carbons (Fsp3) is 0.519. The van der Waals surface area contributed by atoms with Gasteiger partial charge in [0.15, 0.2) is 11.4 Å². The van der Waals surface area contributed by atoms with E-state index in [0.717, 1.165) is 5.57 Å². The molecule has 2 saturated carbocycles. The highest BCUT2D eigenvalue weighted by Gasteiger charge is 2.67. The second kappa shape index (κ2) is 9.27. The number of phenolic OH excluding ortho intramolecular Hbond substituents is 1. The third-order valence-electron chi connectivity index (χ3n) is 7.91. The highest BCUT2D eigenvalue weighted by molar-refractivity contribution is 6.25. The van der Waals surface area contributed by atoms with Crippen LogP contribution in [-0.4, -0.2) is 80.7 Å². The van der Waals surface area contributed by atoms with Gasteiger partial charge in [0, 0.05) is 17.5 Å². The Morgan fingerprint density at radius 2 is 1.89 bits per heavy atom. The monoisotopic (exact) mass is 514 g/mol. The van der Waals surface area contributed by atoms with Gasteiger partial charge in [-0.25, -0.2) is 0 Å². The van der Waals surface area contributed by atoms with E-state index in [9.17, 15) is 34.8 Å². The van der Waals surface area contributed by atoms with Crippen molar-refractivity contribution >= 4 is 28.8 Å². The molecule has 1 aromatic carbocycles. The number of nitrogens with two attached hydrogens (primary N) is 1. The van der Waals surface area contributed by atoms with Crippen molar-refractivity contribution < 1.29 is 39.5 Å². The number of aliphatic hydroxyl groups is 3. The molecule has 0 spiro atoms. The van der Waals surface area contributed by atoms with Gasteiger partial charge in [0.1, 0.15) is 17.4 Å². The van der Waals surface area contributed by atoms with E-state index in [0.29, 0.717) is 11.1 Å². The summed E-state index contributed by atoms with van der Waals surface area (Å²) in [7, 11) is 3.23. The van der Waals surface area contributed by atoms with Crippen molar-refractivity contribution in [2.24, 2.45) is 23.5 Å². The topological polar surface area (TPSA) is 171 Å². The first-order chi connectivity index (χ1) is 17.2. The molecule has 0 radical (unpaired) electrons. The molecule has 0 aromatic heterocycles. The molecular weight excluding hydrogens is 480 g/mol. The zero-order chi connectivity index (χ0) is 27.6. The lowest BCUT2D eigenvalue weighted by Crippen LogP contribution is -2.73. The molecule has 37 heavy (non-hydrogen) atoms. The van der Waals surface area contributed by atoms with Crippen LogP contribution in [0.5, 0.6) is 5.75 Å². The fourth-order valence-electron chi connectivity index (χ4n) is 6.28. The number of primary amides is 1. The average Bonchev–Trinajstić information content (AvgIpc) is 2.79. The quantitative estimate of drug-likeness (QED) is 0.283. The smallest absolute Gasteiger partial charge is 0.230 e. The summed E-state index contributed by atoms with van der Waals surface area (Å²) < 4.78 is 5.61. The van der Waals surface area contributed by atoms with Crippen LogP contribution in [0.2, 0.25) is 0 Å². The number of nitrogens with zero attached hydrogens (tertiary/aromatic N) is 1. The zero-order valence-electron chi connectivity index (χ0n) is 21.6. The molecule has 1 aromatic rings. The zero-order valence-corrected chi connectivity index (χ0v) is 21.6. The summed E-state index contributed by atoms with van der Waals surface area (Å²) in [5, 5.41) is 44.5. The summed E-state index contributed by atoms with van der Waals surface area (Å²) in [5.41, 5.74) is 4.67. The number of likely N-dealkylation sites (N-methyl/N-ethyl adjacent to an activating group) is 1. The molecule has 10 nitrogen and oxygen atoms in total. The third-order valence-corrected chi connectivity index (χ3v) is 7.91. The van der Waals surface area contributed by atoms with Gasteiger partial charge < -0.3 is 35.8 Å². The van der Waals surface area contributed by atoms with Crippen LogP contribution < -0.4 is 5.73 Å². The lowest BCUT2D eigenvalue weighted by Gasteiger charge is -2.53. The van der Waals surface area contributed by atoms with Crippen molar-refractivity contribution in [1.82, 2.24) is 4.90 Å². The molecule has 6 atom stereocenters. The Morgan fingerprint density at radius 1 is 1.24 bits per heavy atom. The number of Topliss-reactive ketones (excluding diaryl/α,β-unsaturated/α-hetero) is 2. The molecule has 6 N–H and O–H groups in total. The van der Waals surface area contributed by atoms with E-state index in [2.05, 4.69) is 0 Å². The fourth-order valence-corrected chi connectivity index (χ4v) is 6.28. The van der Waals surface area contributed by atoms with E-state index in [1.165, 1.54) is 6.07 Å². The second-order valence-corrected chi connectivity index (χ2v) is 10.8. The summed E-state index contributed by atoms with van der Waals surface area (Å²) in [6.07, 6.45) is 0.317. The molecule has 0 aliphatic heterocycles. The number of ether oxygens (including phenoxy) is 1. The Bertz CT molecular complexity index is 1230.